The molecule has 0 saturated heterocycles. The van der Waals surface area contributed by atoms with Gasteiger partial charge >= 0.3 is 5.97 Å². The summed E-state index contributed by atoms with van der Waals surface area (Å²) >= 11 is 0. The van der Waals surface area contributed by atoms with Crippen molar-refractivity contribution in [2.45, 2.75) is 6.92 Å². The van der Waals surface area contributed by atoms with Gasteiger partial charge in [-0.3, -0.25) is 0 Å². The van der Waals surface area contributed by atoms with E-state index in [-0.39, 0.29) is 0 Å². The summed E-state index contributed by atoms with van der Waals surface area (Å²) in [6.07, 6.45) is 1.65. The first-order chi connectivity index (χ1) is 6.59. The van der Waals surface area contributed by atoms with Gasteiger partial charge in [-0.2, -0.15) is 0 Å². The van der Waals surface area contributed by atoms with Crippen LogP contribution in [0.1, 0.15) is 15.9 Å². The molecule has 0 unspecified atom stereocenters. The lowest BCUT2D eigenvalue weighted by Crippen LogP contribution is -1.93. The zero-order chi connectivity index (χ0) is 10.3. The van der Waals surface area contributed by atoms with Gasteiger partial charge in [-0.15, -0.1) is 0 Å². The minimum absolute atomic E-state index is 0.367. The van der Waals surface area contributed by atoms with Crippen LogP contribution >= 0.6 is 0 Å². The minimum atomic E-state index is -0.874. The molecule has 0 bridgehead atoms. The number of carboxylic acids is 1. The molecule has 0 radical (unpaired) electrons. The zero-order valence-electron chi connectivity index (χ0n) is 8.11. The van der Waals surface area contributed by atoms with Gasteiger partial charge in [0.1, 0.15) is 0 Å². The van der Waals surface area contributed by atoms with Crippen LogP contribution < -0.4 is 0 Å². The van der Waals surface area contributed by atoms with Crippen LogP contribution in [0.15, 0.2) is 24.4 Å². The molecule has 0 spiro atoms. The van der Waals surface area contributed by atoms with E-state index in [1.165, 1.54) is 0 Å². The third kappa shape index (κ3) is 1.18. The molecule has 1 N–H and O–H groups in total. The van der Waals surface area contributed by atoms with Crippen LogP contribution in [-0.2, 0) is 7.05 Å². The van der Waals surface area contributed by atoms with Crippen LogP contribution in [0.2, 0.25) is 0 Å². The molecular weight excluding hydrogens is 178 g/mol. The van der Waals surface area contributed by atoms with Crippen LogP contribution in [0.3, 0.4) is 0 Å². The maximum atomic E-state index is 10.9. The van der Waals surface area contributed by atoms with Crippen molar-refractivity contribution in [2.24, 2.45) is 7.05 Å². The molecule has 1 aromatic heterocycles. The summed E-state index contributed by atoms with van der Waals surface area (Å²) in [5, 5.41) is 9.78. The maximum Gasteiger partial charge on any atom is 0.337 e. The van der Waals surface area contributed by atoms with Gasteiger partial charge in [0.25, 0.3) is 0 Å². The Morgan fingerprint density at radius 1 is 1.43 bits per heavy atom. The summed E-state index contributed by atoms with van der Waals surface area (Å²) in [5.74, 6) is -0.874. The Morgan fingerprint density at radius 3 is 2.79 bits per heavy atom. The smallest absolute Gasteiger partial charge is 0.337 e. The van der Waals surface area contributed by atoms with Crippen LogP contribution in [0.4, 0.5) is 0 Å². The van der Waals surface area contributed by atoms with Crippen LogP contribution in [0.25, 0.3) is 10.9 Å². The molecule has 0 saturated carbocycles. The predicted molar refractivity (Wildman–Crippen MR) is 54.6 cm³/mol. The number of aromatic nitrogens is 1. The largest absolute Gasteiger partial charge is 0.478 e. The van der Waals surface area contributed by atoms with Gasteiger partial charge in [0.15, 0.2) is 0 Å². The van der Waals surface area contributed by atoms with Gasteiger partial charge in [-0.1, -0.05) is 11.6 Å². The first-order valence-corrected chi connectivity index (χ1v) is 4.38. The van der Waals surface area contributed by atoms with Gasteiger partial charge in [-0.25, -0.2) is 4.79 Å². The third-order valence-corrected chi connectivity index (χ3v) is 2.38. The standard InChI is InChI=1S/C11H11NO2/c1-7-3-4-10-8(5-7)9(11(13)14)6-12(10)2/h3-6H,1-2H3,(H,13,14). The Balaban J connectivity index is 2.85. The number of nitrogens with zero attached hydrogens (tertiary/aromatic N) is 1. The van der Waals surface area contributed by atoms with E-state index in [1.807, 2.05) is 36.7 Å². The molecule has 0 aliphatic heterocycles. The zero-order valence-corrected chi connectivity index (χ0v) is 8.11. The van der Waals surface area contributed by atoms with Crippen LogP contribution in [0, 0.1) is 6.92 Å². The summed E-state index contributed by atoms with van der Waals surface area (Å²) in [4.78, 5) is 10.9. The normalized spacial score (nSPS) is 10.7. The van der Waals surface area contributed by atoms with Gasteiger partial charge in [0, 0.05) is 24.1 Å². The van der Waals surface area contributed by atoms with Crippen molar-refractivity contribution in [3.63, 3.8) is 0 Å². The molecule has 2 rings (SSSR count). The first kappa shape index (κ1) is 8.81. The fourth-order valence-electron chi connectivity index (χ4n) is 1.68. The second kappa shape index (κ2) is 2.87. The highest BCUT2D eigenvalue weighted by Gasteiger charge is 2.11. The van der Waals surface area contributed by atoms with E-state index in [9.17, 15) is 4.79 Å². The molecule has 14 heavy (non-hydrogen) atoms. The topological polar surface area (TPSA) is 42.2 Å². The second-order valence-corrected chi connectivity index (χ2v) is 3.48. The summed E-state index contributed by atoms with van der Waals surface area (Å²) in [7, 11) is 1.85. The summed E-state index contributed by atoms with van der Waals surface area (Å²) in [5.41, 5.74) is 2.39. The Hall–Kier alpha value is -1.77. The van der Waals surface area contributed by atoms with Gasteiger partial charge in [0.05, 0.1) is 5.56 Å². The Morgan fingerprint density at radius 2 is 2.14 bits per heavy atom. The molecule has 1 aromatic carbocycles. The average Bonchev–Trinajstić information content (AvgIpc) is 2.43. The molecule has 2 aromatic rings. The number of aryl methyl sites for hydroxylation is 2. The Kier molecular flexibility index (Phi) is 1.81. The molecule has 3 nitrogen and oxygen atoms in total. The number of carboxylic acid groups (broad SMARTS) is 1. The van der Waals surface area contributed by atoms with Crippen molar-refractivity contribution < 1.29 is 9.90 Å². The quantitative estimate of drug-likeness (QED) is 0.747. The number of fused-ring (bicyclic) bond motifs is 1. The van der Waals surface area contributed by atoms with E-state index >= 15 is 0 Å². The van der Waals surface area contributed by atoms with E-state index in [0.717, 1.165) is 16.5 Å². The first-order valence-electron chi connectivity index (χ1n) is 4.38. The van der Waals surface area contributed by atoms with E-state index in [2.05, 4.69) is 0 Å². The summed E-state index contributed by atoms with van der Waals surface area (Å²) in [6.45, 7) is 1.96. The third-order valence-electron chi connectivity index (χ3n) is 2.38. The van der Waals surface area contributed by atoms with Gasteiger partial charge in [0.2, 0.25) is 0 Å². The summed E-state index contributed by atoms with van der Waals surface area (Å²) < 4.78 is 1.83. The van der Waals surface area contributed by atoms with Crippen LogP contribution in [-0.4, -0.2) is 15.6 Å². The maximum absolute atomic E-state index is 10.9. The summed E-state index contributed by atoms with van der Waals surface area (Å²) in [6, 6.07) is 5.82. The number of aromatic carboxylic acids is 1. The lowest BCUT2D eigenvalue weighted by atomic mass is 10.1. The number of hydrogen-bond acceptors (Lipinski definition) is 1. The molecule has 72 valence electrons. The molecule has 0 amide bonds. The van der Waals surface area contributed by atoms with Crippen molar-refractivity contribution in [1.82, 2.24) is 4.57 Å². The molecule has 0 aliphatic carbocycles. The molecule has 1 heterocycles. The van der Waals surface area contributed by atoms with Crippen LogP contribution in [0.5, 0.6) is 0 Å². The van der Waals surface area contributed by atoms with Crippen molar-refractivity contribution in [1.29, 1.82) is 0 Å². The number of hydrogen-bond donors (Lipinski definition) is 1. The monoisotopic (exact) mass is 189 g/mol. The lowest BCUT2D eigenvalue weighted by Gasteiger charge is -1.96. The predicted octanol–water partition coefficient (Wildman–Crippen LogP) is 2.18. The molecular formula is C11H11NO2. The number of carbonyl (C=O) groups is 1. The highest BCUT2D eigenvalue weighted by Crippen LogP contribution is 2.21. The number of rotatable bonds is 1. The average molecular weight is 189 g/mol. The molecule has 0 aliphatic rings. The van der Waals surface area contributed by atoms with Crippen molar-refractivity contribution in [2.75, 3.05) is 0 Å². The van der Waals surface area contributed by atoms with E-state index < -0.39 is 5.97 Å². The van der Waals surface area contributed by atoms with E-state index in [0.29, 0.717) is 5.56 Å². The molecule has 0 fully saturated rings. The molecule has 0 atom stereocenters. The van der Waals surface area contributed by atoms with E-state index in [1.54, 1.807) is 6.20 Å². The number of benzene rings is 1. The fourth-order valence-corrected chi connectivity index (χ4v) is 1.68. The second-order valence-electron chi connectivity index (χ2n) is 3.48. The Bertz CT molecular complexity index is 511. The van der Waals surface area contributed by atoms with Crippen molar-refractivity contribution in [3.8, 4) is 0 Å². The van der Waals surface area contributed by atoms with Gasteiger partial charge < -0.3 is 9.67 Å². The highest BCUT2D eigenvalue weighted by atomic mass is 16.4. The fraction of sp³-hybridized carbons (Fsp3) is 0.182. The van der Waals surface area contributed by atoms with Gasteiger partial charge in [-0.05, 0) is 19.1 Å². The SMILES string of the molecule is Cc1ccc2c(c1)c(C(=O)O)cn2C. The van der Waals surface area contributed by atoms with Crippen molar-refractivity contribution >= 4 is 16.9 Å². The highest BCUT2D eigenvalue weighted by molar-refractivity contribution is 6.03. The van der Waals surface area contributed by atoms with Crippen molar-refractivity contribution in [3.05, 3.63) is 35.5 Å². The lowest BCUT2D eigenvalue weighted by molar-refractivity contribution is 0.0699. The van der Waals surface area contributed by atoms with E-state index in [4.69, 9.17) is 5.11 Å². The minimum Gasteiger partial charge on any atom is -0.478 e. The Labute approximate surface area is 81.6 Å². The molecule has 3 heteroatoms.